The molecule has 0 aliphatic heterocycles. The molecule has 2 aromatic rings. The third-order valence-electron chi connectivity index (χ3n) is 2.85. The molecule has 0 amide bonds. The summed E-state index contributed by atoms with van der Waals surface area (Å²) >= 11 is 6.18. The summed E-state index contributed by atoms with van der Waals surface area (Å²) in [7, 11) is 0. The van der Waals surface area contributed by atoms with Crippen LogP contribution in [0, 0.1) is 12.7 Å². The first-order valence-electron chi connectivity index (χ1n) is 6.14. The second kappa shape index (κ2) is 5.63. The zero-order valence-electron chi connectivity index (χ0n) is 11.4. The van der Waals surface area contributed by atoms with Gasteiger partial charge in [0.1, 0.15) is 5.75 Å². The van der Waals surface area contributed by atoms with Gasteiger partial charge in [0.15, 0.2) is 0 Å². The Bertz CT molecular complexity index is 647. The van der Waals surface area contributed by atoms with Crippen molar-refractivity contribution >= 4 is 17.5 Å². The summed E-state index contributed by atoms with van der Waals surface area (Å²) < 4.78 is 19.1. The molecule has 1 aromatic heterocycles. The fraction of sp³-hybridized carbons (Fsp3) is 0.286. The minimum absolute atomic E-state index is 0.0444. The third-order valence-corrected chi connectivity index (χ3v) is 3.18. The number of nitrogens with two attached hydrogens (primary N) is 1. The number of hydrogen-bond donors (Lipinski definition) is 1. The second-order valence-electron chi connectivity index (χ2n) is 4.78. The molecular weight excluding hydrogens is 281 g/mol. The van der Waals surface area contributed by atoms with Crippen molar-refractivity contribution in [3.05, 3.63) is 40.3 Å². The lowest BCUT2D eigenvalue weighted by atomic mass is 10.0. The Balaban J connectivity index is 2.43. The van der Waals surface area contributed by atoms with E-state index in [-0.39, 0.29) is 17.7 Å². The van der Waals surface area contributed by atoms with Crippen LogP contribution in [-0.2, 0) is 0 Å². The van der Waals surface area contributed by atoms with Crippen molar-refractivity contribution in [3.63, 3.8) is 0 Å². The van der Waals surface area contributed by atoms with Crippen molar-refractivity contribution in [2.45, 2.75) is 26.7 Å². The summed E-state index contributed by atoms with van der Waals surface area (Å²) in [6.45, 7) is 5.86. The summed E-state index contributed by atoms with van der Waals surface area (Å²) in [5, 5.41) is 0.660. The van der Waals surface area contributed by atoms with E-state index in [9.17, 15) is 4.39 Å². The second-order valence-corrected chi connectivity index (χ2v) is 5.18. The van der Waals surface area contributed by atoms with Gasteiger partial charge >= 0.3 is 0 Å². The van der Waals surface area contributed by atoms with E-state index < -0.39 is 5.82 Å². The Labute approximate surface area is 121 Å². The smallest absolute Gasteiger partial charge is 0.260 e. The predicted octanol–water partition coefficient (Wildman–Crippen LogP) is 4.08. The molecule has 0 spiro atoms. The number of nitrogens with zero attached hydrogens (tertiary/aromatic N) is 2. The highest BCUT2D eigenvalue weighted by atomic mass is 35.5. The van der Waals surface area contributed by atoms with Gasteiger partial charge in [-0.15, -0.1) is 0 Å². The van der Waals surface area contributed by atoms with Gasteiger partial charge in [-0.1, -0.05) is 25.4 Å². The Morgan fingerprint density at radius 3 is 2.70 bits per heavy atom. The first-order chi connectivity index (χ1) is 9.38. The first-order valence-corrected chi connectivity index (χ1v) is 6.52. The summed E-state index contributed by atoms with van der Waals surface area (Å²) in [5.41, 5.74) is 7.15. The van der Waals surface area contributed by atoms with Gasteiger partial charge in [0.25, 0.3) is 5.88 Å². The molecule has 2 rings (SSSR count). The lowest BCUT2D eigenvalue weighted by Crippen LogP contribution is -2.01. The molecule has 0 saturated heterocycles. The minimum atomic E-state index is -0.667. The Morgan fingerprint density at radius 1 is 1.35 bits per heavy atom. The number of anilines is 1. The number of aryl methyl sites for hydroxylation is 1. The average Bonchev–Trinajstić information content (AvgIpc) is 2.36. The van der Waals surface area contributed by atoms with Gasteiger partial charge in [0, 0.05) is 5.02 Å². The molecule has 0 aliphatic carbocycles. The van der Waals surface area contributed by atoms with Gasteiger partial charge in [-0.3, -0.25) is 0 Å². The quantitative estimate of drug-likeness (QED) is 0.927. The zero-order chi connectivity index (χ0) is 14.9. The molecule has 1 heterocycles. The Kier molecular flexibility index (Phi) is 4.09. The molecule has 1 aromatic carbocycles. The largest absolute Gasteiger partial charge is 0.436 e. The minimum Gasteiger partial charge on any atom is -0.436 e. The summed E-state index contributed by atoms with van der Waals surface area (Å²) in [4.78, 5) is 7.30. The van der Waals surface area contributed by atoms with Crippen molar-refractivity contribution < 1.29 is 9.13 Å². The van der Waals surface area contributed by atoms with E-state index in [2.05, 4.69) is 9.97 Å². The van der Waals surface area contributed by atoms with Gasteiger partial charge in [-0.05, 0) is 36.1 Å². The van der Waals surface area contributed by atoms with E-state index in [4.69, 9.17) is 22.1 Å². The average molecular weight is 296 g/mol. The van der Waals surface area contributed by atoms with Gasteiger partial charge in [-0.25, -0.2) is 4.98 Å². The molecule has 0 bridgehead atoms. The third kappa shape index (κ3) is 2.99. The number of benzene rings is 1. The van der Waals surface area contributed by atoms with Crippen LogP contribution in [-0.4, -0.2) is 9.97 Å². The fourth-order valence-electron chi connectivity index (χ4n) is 1.76. The van der Waals surface area contributed by atoms with Gasteiger partial charge in [0.2, 0.25) is 11.8 Å². The van der Waals surface area contributed by atoms with Crippen molar-refractivity contribution in [2.75, 3.05) is 5.73 Å². The number of halogens is 2. The molecule has 6 heteroatoms. The Morgan fingerprint density at radius 2 is 2.05 bits per heavy atom. The fourth-order valence-corrected chi connectivity index (χ4v) is 2.20. The van der Waals surface area contributed by atoms with Crippen LogP contribution in [0.4, 0.5) is 10.3 Å². The maximum atomic E-state index is 13.6. The molecule has 0 atom stereocenters. The zero-order valence-corrected chi connectivity index (χ0v) is 12.2. The van der Waals surface area contributed by atoms with Crippen molar-refractivity contribution in [1.29, 1.82) is 0 Å². The van der Waals surface area contributed by atoms with Gasteiger partial charge in [-0.2, -0.15) is 9.37 Å². The molecule has 0 fully saturated rings. The molecule has 2 N–H and O–H groups in total. The van der Waals surface area contributed by atoms with Crippen LogP contribution in [0.2, 0.25) is 5.02 Å². The van der Waals surface area contributed by atoms with E-state index in [1.165, 1.54) is 0 Å². The topological polar surface area (TPSA) is 61.0 Å². The van der Waals surface area contributed by atoms with Gasteiger partial charge in [0.05, 0.1) is 6.20 Å². The highest BCUT2D eigenvalue weighted by Gasteiger charge is 2.14. The summed E-state index contributed by atoms with van der Waals surface area (Å²) in [6, 6.07) is 3.58. The summed E-state index contributed by atoms with van der Waals surface area (Å²) in [6.07, 6.45) is 0.978. The lowest BCUT2D eigenvalue weighted by Gasteiger charge is -2.14. The van der Waals surface area contributed by atoms with Crippen molar-refractivity contribution in [2.24, 2.45) is 0 Å². The molecule has 0 aliphatic rings. The van der Waals surface area contributed by atoms with Crippen LogP contribution in [0.15, 0.2) is 18.3 Å². The van der Waals surface area contributed by atoms with Crippen LogP contribution >= 0.6 is 11.6 Å². The van der Waals surface area contributed by atoms with Crippen molar-refractivity contribution in [1.82, 2.24) is 9.97 Å². The molecule has 0 unspecified atom stereocenters. The summed E-state index contributed by atoms with van der Waals surface area (Å²) in [5.74, 6) is -0.185. The number of nitrogen functional groups attached to an aromatic ring is 1. The van der Waals surface area contributed by atoms with E-state index in [1.807, 2.05) is 20.8 Å². The highest BCUT2D eigenvalue weighted by molar-refractivity contribution is 6.31. The number of aromatic nitrogens is 2. The molecule has 20 heavy (non-hydrogen) atoms. The Hall–Kier alpha value is -1.88. The van der Waals surface area contributed by atoms with Crippen molar-refractivity contribution in [3.8, 4) is 11.6 Å². The van der Waals surface area contributed by atoms with E-state index in [0.717, 1.165) is 17.3 Å². The van der Waals surface area contributed by atoms with Crippen LogP contribution in [0.1, 0.15) is 30.9 Å². The van der Waals surface area contributed by atoms with Crippen LogP contribution in [0.3, 0.4) is 0 Å². The van der Waals surface area contributed by atoms with Crippen LogP contribution in [0.5, 0.6) is 11.6 Å². The molecule has 0 radical (unpaired) electrons. The maximum Gasteiger partial charge on any atom is 0.260 e. The molecule has 106 valence electrons. The van der Waals surface area contributed by atoms with Crippen LogP contribution in [0.25, 0.3) is 0 Å². The van der Waals surface area contributed by atoms with Crippen LogP contribution < -0.4 is 10.5 Å². The molecular formula is C14H15ClFN3O. The normalized spacial score (nSPS) is 10.9. The number of rotatable bonds is 3. The van der Waals surface area contributed by atoms with E-state index in [1.54, 1.807) is 12.1 Å². The monoisotopic (exact) mass is 295 g/mol. The number of hydrogen-bond acceptors (Lipinski definition) is 4. The SMILES string of the molecule is Cc1cc(Cl)c(C(C)C)cc1Oc1nc(N)ncc1F. The van der Waals surface area contributed by atoms with E-state index >= 15 is 0 Å². The number of ether oxygens (including phenoxy) is 1. The highest BCUT2D eigenvalue weighted by Crippen LogP contribution is 2.33. The van der Waals surface area contributed by atoms with Gasteiger partial charge < -0.3 is 10.5 Å². The molecule has 4 nitrogen and oxygen atoms in total. The predicted molar refractivity (Wildman–Crippen MR) is 76.8 cm³/mol. The molecule has 0 saturated carbocycles. The first kappa shape index (κ1) is 14.5. The standard InChI is InChI=1S/C14H15ClFN3O/c1-7(2)9-5-12(8(3)4-10(9)15)20-13-11(16)6-18-14(17)19-13/h4-7H,1-3H3,(H2,17,18,19). The maximum absolute atomic E-state index is 13.6. The lowest BCUT2D eigenvalue weighted by molar-refractivity contribution is 0.418. The van der Waals surface area contributed by atoms with E-state index in [0.29, 0.717) is 10.8 Å².